The van der Waals surface area contributed by atoms with Crippen molar-refractivity contribution in [3.05, 3.63) is 40.7 Å². The molecule has 0 aliphatic heterocycles. The van der Waals surface area contributed by atoms with E-state index in [9.17, 15) is 9.18 Å². The van der Waals surface area contributed by atoms with E-state index in [-0.39, 0.29) is 36.1 Å². The number of fused-ring (bicyclic) bond motifs is 1. The average molecular weight is 370 g/mol. The Morgan fingerprint density at radius 1 is 1.46 bits per heavy atom. The minimum absolute atomic E-state index is 0. The summed E-state index contributed by atoms with van der Waals surface area (Å²) in [6, 6.07) is 6.37. The number of carbonyl (C=O) groups excluding carboxylic acids is 1. The SMILES string of the molecule is CC(CN)C(=O)NC1CCCc2nc(-c3ccc(F)cc3)sc21.Cl. The smallest absolute Gasteiger partial charge is 0.224 e. The van der Waals surface area contributed by atoms with E-state index in [0.717, 1.165) is 40.4 Å². The maximum atomic E-state index is 13.1. The fourth-order valence-corrected chi connectivity index (χ4v) is 3.90. The molecule has 2 unspecified atom stereocenters. The lowest BCUT2D eigenvalue weighted by Crippen LogP contribution is -2.36. The van der Waals surface area contributed by atoms with Gasteiger partial charge in [0.25, 0.3) is 0 Å². The fraction of sp³-hybridized carbons (Fsp3) is 0.412. The van der Waals surface area contributed by atoms with Crippen molar-refractivity contribution >= 4 is 29.7 Å². The van der Waals surface area contributed by atoms with Gasteiger partial charge in [-0.15, -0.1) is 23.7 Å². The van der Waals surface area contributed by atoms with Gasteiger partial charge in [0.05, 0.1) is 16.6 Å². The summed E-state index contributed by atoms with van der Waals surface area (Å²) in [5, 5.41) is 3.97. The molecule has 130 valence electrons. The van der Waals surface area contributed by atoms with E-state index < -0.39 is 0 Å². The van der Waals surface area contributed by atoms with Crippen molar-refractivity contribution in [2.75, 3.05) is 6.54 Å². The Kier molecular flexibility index (Phi) is 6.32. The minimum atomic E-state index is -0.254. The average Bonchev–Trinajstić information content (AvgIpc) is 3.00. The molecule has 4 nitrogen and oxygen atoms in total. The van der Waals surface area contributed by atoms with Crippen LogP contribution in [0.1, 0.15) is 36.4 Å². The molecule has 3 N–H and O–H groups in total. The second kappa shape index (κ2) is 8.05. The molecule has 2 aromatic rings. The Hall–Kier alpha value is -1.50. The van der Waals surface area contributed by atoms with E-state index in [1.165, 1.54) is 12.1 Å². The maximum absolute atomic E-state index is 13.1. The van der Waals surface area contributed by atoms with Gasteiger partial charge >= 0.3 is 0 Å². The standard InChI is InChI=1S/C17H20FN3OS.ClH/c1-10(9-19)16(22)20-13-3-2-4-14-15(13)23-17(21-14)11-5-7-12(18)8-6-11;/h5-8,10,13H,2-4,9,19H2,1H3,(H,20,22);1H. The van der Waals surface area contributed by atoms with Gasteiger partial charge in [0, 0.05) is 18.0 Å². The van der Waals surface area contributed by atoms with Crippen LogP contribution in [-0.4, -0.2) is 17.4 Å². The van der Waals surface area contributed by atoms with Crippen LogP contribution in [0.3, 0.4) is 0 Å². The molecule has 1 heterocycles. The number of benzene rings is 1. The van der Waals surface area contributed by atoms with Crippen molar-refractivity contribution in [2.24, 2.45) is 11.7 Å². The Balaban J connectivity index is 0.00000208. The van der Waals surface area contributed by atoms with Gasteiger partial charge in [0.15, 0.2) is 0 Å². The van der Waals surface area contributed by atoms with Gasteiger partial charge in [0.1, 0.15) is 10.8 Å². The highest BCUT2D eigenvalue weighted by molar-refractivity contribution is 7.15. The van der Waals surface area contributed by atoms with E-state index in [0.29, 0.717) is 6.54 Å². The number of aromatic nitrogens is 1. The van der Waals surface area contributed by atoms with Crippen LogP contribution in [0.2, 0.25) is 0 Å². The Morgan fingerprint density at radius 2 is 2.17 bits per heavy atom. The van der Waals surface area contributed by atoms with E-state index in [4.69, 9.17) is 10.7 Å². The number of carbonyl (C=O) groups is 1. The van der Waals surface area contributed by atoms with Gasteiger partial charge in [-0.2, -0.15) is 0 Å². The van der Waals surface area contributed by atoms with Gasteiger partial charge in [0.2, 0.25) is 5.91 Å². The summed E-state index contributed by atoms with van der Waals surface area (Å²) >= 11 is 1.58. The third kappa shape index (κ3) is 3.94. The fourth-order valence-electron chi connectivity index (χ4n) is 2.69. The van der Waals surface area contributed by atoms with Crippen molar-refractivity contribution in [1.29, 1.82) is 0 Å². The van der Waals surface area contributed by atoms with E-state index in [2.05, 4.69) is 5.32 Å². The highest BCUT2D eigenvalue weighted by Gasteiger charge is 2.27. The highest BCUT2D eigenvalue weighted by atomic mass is 35.5. The molecule has 0 saturated heterocycles. The second-order valence-corrected chi connectivity index (χ2v) is 6.96. The second-order valence-electron chi connectivity index (χ2n) is 5.93. The normalized spacial score (nSPS) is 17.5. The van der Waals surface area contributed by atoms with Crippen LogP contribution in [0.4, 0.5) is 4.39 Å². The van der Waals surface area contributed by atoms with Crippen molar-refractivity contribution in [1.82, 2.24) is 10.3 Å². The molecule has 7 heteroatoms. The Morgan fingerprint density at radius 3 is 2.83 bits per heavy atom. The van der Waals surface area contributed by atoms with E-state index >= 15 is 0 Å². The summed E-state index contributed by atoms with van der Waals surface area (Å²) in [4.78, 5) is 17.9. The quantitative estimate of drug-likeness (QED) is 0.867. The Labute approximate surface area is 151 Å². The summed E-state index contributed by atoms with van der Waals surface area (Å²) in [5.74, 6) is -0.456. The first-order valence-electron chi connectivity index (χ1n) is 7.84. The lowest BCUT2D eigenvalue weighted by molar-refractivity contribution is -0.125. The molecule has 0 bridgehead atoms. The summed E-state index contributed by atoms with van der Waals surface area (Å²) in [7, 11) is 0. The molecular weight excluding hydrogens is 349 g/mol. The topological polar surface area (TPSA) is 68.0 Å². The highest BCUT2D eigenvalue weighted by Crippen LogP contribution is 2.38. The van der Waals surface area contributed by atoms with Gasteiger partial charge in [-0.1, -0.05) is 6.92 Å². The Bertz CT molecular complexity index is 704. The van der Waals surface area contributed by atoms with Crippen LogP contribution in [0.25, 0.3) is 10.6 Å². The first kappa shape index (κ1) is 18.8. The molecule has 1 amide bonds. The summed E-state index contributed by atoms with van der Waals surface area (Å²) < 4.78 is 13.1. The zero-order chi connectivity index (χ0) is 16.4. The predicted octanol–water partition coefficient (Wildman–Crippen LogP) is 3.46. The van der Waals surface area contributed by atoms with Crippen LogP contribution in [0.15, 0.2) is 24.3 Å². The van der Waals surface area contributed by atoms with Crippen LogP contribution in [0, 0.1) is 11.7 Å². The number of hydrogen-bond acceptors (Lipinski definition) is 4. The van der Waals surface area contributed by atoms with Crippen LogP contribution < -0.4 is 11.1 Å². The molecule has 1 aliphatic carbocycles. The number of hydrogen-bond donors (Lipinski definition) is 2. The van der Waals surface area contributed by atoms with Crippen LogP contribution >= 0.6 is 23.7 Å². The molecular formula is C17H21ClFN3OS. The predicted molar refractivity (Wildman–Crippen MR) is 96.8 cm³/mol. The van der Waals surface area contributed by atoms with Crippen molar-refractivity contribution in [3.8, 4) is 10.6 Å². The number of amides is 1. The molecule has 3 rings (SSSR count). The number of nitrogens with zero attached hydrogens (tertiary/aromatic N) is 1. The van der Waals surface area contributed by atoms with Crippen molar-refractivity contribution in [3.63, 3.8) is 0 Å². The molecule has 24 heavy (non-hydrogen) atoms. The molecule has 1 aliphatic rings. The van der Waals surface area contributed by atoms with Gasteiger partial charge in [-0.3, -0.25) is 4.79 Å². The zero-order valence-electron chi connectivity index (χ0n) is 13.4. The minimum Gasteiger partial charge on any atom is -0.348 e. The van der Waals surface area contributed by atoms with Crippen LogP contribution in [-0.2, 0) is 11.2 Å². The number of aryl methyl sites for hydroxylation is 1. The van der Waals surface area contributed by atoms with Crippen molar-refractivity contribution in [2.45, 2.75) is 32.2 Å². The monoisotopic (exact) mass is 369 g/mol. The zero-order valence-corrected chi connectivity index (χ0v) is 15.1. The van der Waals surface area contributed by atoms with E-state index in [1.807, 2.05) is 6.92 Å². The largest absolute Gasteiger partial charge is 0.348 e. The first-order chi connectivity index (χ1) is 11.1. The third-order valence-corrected chi connectivity index (χ3v) is 5.42. The van der Waals surface area contributed by atoms with Gasteiger partial charge < -0.3 is 11.1 Å². The lowest BCUT2D eigenvalue weighted by atomic mass is 9.97. The third-order valence-electron chi connectivity index (χ3n) is 4.16. The number of thiazole rings is 1. The molecule has 0 saturated carbocycles. The number of nitrogens with two attached hydrogens (primary N) is 1. The number of nitrogens with one attached hydrogen (secondary N) is 1. The van der Waals surface area contributed by atoms with Gasteiger partial charge in [-0.25, -0.2) is 9.37 Å². The summed E-state index contributed by atoms with van der Waals surface area (Å²) in [5.41, 5.74) is 7.52. The maximum Gasteiger partial charge on any atom is 0.224 e. The lowest BCUT2D eigenvalue weighted by Gasteiger charge is -2.23. The number of rotatable bonds is 4. The first-order valence-corrected chi connectivity index (χ1v) is 8.66. The van der Waals surface area contributed by atoms with Crippen LogP contribution in [0.5, 0.6) is 0 Å². The summed E-state index contributed by atoms with van der Waals surface area (Å²) in [6.45, 7) is 2.17. The molecule has 0 fully saturated rings. The number of halogens is 2. The molecule has 1 aromatic heterocycles. The molecule has 0 radical (unpaired) electrons. The molecule has 2 atom stereocenters. The van der Waals surface area contributed by atoms with Crippen molar-refractivity contribution < 1.29 is 9.18 Å². The molecule has 0 spiro atoms. The summed E-state index contributed by atoms with van der Waals surface area (Å²) in [6.07, 6.45) is 2.84. The molecule has 1 aromatic carbocycles. The van der Waals surface area contributed by atoms with Gasteiger partial charge in [-0.05, 0) is 43.5 Å². The van der Waals surface area contributed by atoms with E-state index in [1.54, 1.807) is 23.5 Å².